The van der Waals surface area contributed by atoms with Crippen LogP contribution in [0.15, 0.2) is 60.3 Å². The Morgan fingerprint density at radius 2 is 1.61 bits per heavy atom. The number of halogens is 1. The molecule has 2 heterocycles. The van der Waals surface area contributed by atoms with Crippen LogP contribution in [0.1, 0.15) is 43.7 Å². The Bertz CT molecular complexity index is 961. The van der Waals surface area contributed by atoms with E-state index < -0.39 is 0 Å². The molecule has 2 amide bonds. The van der Waals surface area contributed by atoms with E-state index in [0.717, 1.165) is 45.2 Å². The Morgan fingerprint density at radius 3 is 2.26 bits per heavy atom. The maximum Gasteiger partial charge on any atom is 0.277 e. The van der Waals surface area contributed by atoms with Gasteiger partial charge in [0.1, 0.15) is 11.5 Å². The molecule has 0 aliphatic carbocycles. The fraction of sp³-hybridized carbons (Fsp3) is 0.385. The summed E-state index contributed by atoms with van der Waals surface area (Å²) in [6.07, 6.45) is 4.68. The summed E-state index contributed by atoms with van der Waals surface area (Å²) in [6, 6.07) is 16.4. The monoisotopic (exact) mass is 420 g/mol. The lowest BCUT2D eigenvalue weighted by atomic mass is 9.89. The molecule has 0 aromatic heterocycles. The minimum absolute atomic E-state index is 0.209. The summed E-state index contributed by atoms with van der Waals surface area (Å²) in [6.45, 7) is 3.96. The lowest BCUT2D eigenvalue weighted by molar-refractivity contribution is -0.137. The first-order valence-corrected chi connectivity index (χ1v) is 11.2. The number of hydrogen-bond donors (Lipinski definition) is 0. The molecule has 0 N–H and O–H groups in total. The number of benzene rings is 2. The first-order valence-electron chi connectivity index (χ1n) is 11.2. The van der Waals surface area contributed by atoms with Gasteiger partial charge in [-0.2, -0.15) is 0 Å². The molecule has 0 unspecified atom stereocenters. The number of carbonyl (C=O) groups excluding carboxylic acids is 2. The van der Waals surface area contributed by atoms with Crippen LogP contribution in [0.25, 0.3) is 5.57 Å². The van der Waals surface area contributed by atoms with E-state index in [-0.39, 0.29) is 17.6 Å². The number of likely N-dealkylation sites (tertiary alicyclic amines) is 1. The van der Waals surface area contributed by atoms with Crippen LogP contribution in [0, 0.1) is 11.7 Å². The summed E-state index contributed by atoms with van der Waals surface area (Å²) >= 11 is 0. The minimum atomic E-state index is -0.354. The van der Waals surface area contributed by atoms with Gasteiger partial charge in [0, 0.05) is 19.6 Å². The van der Waals surface area contributed by atoms with Crippen molar-refractivity contribution in [3.63, 3.8) is 0 Å². The van der Waals surface area contributed by atoms with Crippen LogP contribution >= 0.6 is 0 Å². The molecule has 4 nitrogen and oxygen atoms in total. The molecule has 5 heteroatoms. The topological polar surface area (TPSA) is 40.6 Å². The zero-order valence-electron chi connectivity index (χ0n) is 18.0. The Hall–Kier alpha value is -2.95. The van der Waals surface area contributed by atoms with Gasteiger partial charge in [-0.05, 0) is 54.9 Å². The smallest absolute Gasteiger partial charge is 0.277 e. The normalized spacial score (nSPS) is 17.7. The lowest BCUT2D eigenvalue weighted by Crippen LogP contribution is -2.39. The van der Waals surface area contributed by atoms with Gasteiger partial charge in [-0.25, -0.2) is 4.39 Å². The van der Waals surface area contributed by atoms with Crippen molar-refractivity contribution in [3.8, 4) is 0 Å². The standard InChI is InChI=1S/C26H29FN2O2/c1-2-3-15-29-25(30)23(21-9-11-22(27)12-10-21)24(26(29)31)28-16-13-20(14-17-28)18-19-7-5-4-6-8-19/h4-12,20H,2-3,13-18H2,1H3. The van der Waals surface area contributed by atoms with Gasteiger partial charge in [0.15, 0.2) is 0 Å². The number of carbonyl (C=O) groups is 2. The van der Waals surface area contributed by atoms with Crippen molar-refractivity contribution in [1.82, 2.24) is 9.80 Å². The number of nitrogens with zero attached hydrogens (tertiary/aromatic N) is 2. The van der Waals surface area contributed by atoms with Gasteiger partial charge in [-0.3, -0.25) is 14.5 Å². The lowest BCUT2D eigenvalue weighted by Gasteiger charge is -2.34. The van der Waals surface area contributed by atoms with E-state index in [1.807, 2.05) is 13.0 Å². The van der Waals surface area contributed by atoms with Gasteiger partial charge in [-0.15, -0.1) is 0 Å². The van der Waals surface area contributed by atoms with Gasteiger partial charge in [0.2, 0.25) is 0 Å². The molecule has 0 saturated carbocycles. The predicted molar refractivity (Wildman–Crippen MR) is 119 cm³/mol. The van der Waals surface area contributed by atoms with Crippen molar-refractivity contribution in [1.29, 1.82) is 0 Å². The summed E-state index contributed by atoms with van der Waals surface area (Å²) in [7, 11) is 0. The summed E-state index contributed by atoms with van der Waals surface area (Å²) < 4.78 is 13.5. The second-order valence-corrected chi connectivity index (χ2v) is 8.47. The molecule has 2 aromatic rings. The van der Waals surface area contributed by atoms with Gasteiger partial charge in [0.25, 0.3) is 11.8 Å². The number of hydrogen-bond acceptors (Lipinski definition) is 3. The molecule has 0 bridgehead atoms. The first kappa shape index (κ1) is 21.3. The van der Waals surface area contributed by atoms with Gasteiger partial charge in [-0.1, -0.05) is 55.8 Å². The van der Waals surface area contributed by atoms with Crippen LogP contribution in [-0.2, 0) is 16.0 Å². The summed E-state index contributed by atoms with van der Waals surface area (Å²) in [4.78, 5) is 29.9. The summed E-state index contributed by atoms with van der Waals surface area (Å²) in [5.41, 5.74) is 2.86. The van der Waals surface area contributed by atoms with Crippen molar-refractivity contribution in [2.24, 2.45) is 5.92 Å². The zero-order chi connectivity index (χ0) is 21.8. The molecule has 2 aliphatic rings. The van der Waals surface area contributed by atoms with E-state index in [2.05, 4.69) is 29.2 Å². The average Bonchev–Trinajstić information content (AvgIpc) is 3.04. The fourth-order valence-electron chi connectivity index (χ4n) is 4.56. The maximum absolute atomic E-state index is 13.5. The molecular formula is C26H29FN2O2. The average molecular weight is 421 g/mol. The van der Waals surface area contributed by atoms with E-state index in [0.29, 0.717) is 29.3 Å². The molecule has 1 saturated heterocycles. The number of amides is 2. The zero-order valence-corrected chi connectivity index (χ0v) is 18.0. The van der Waals surface area contributed by atoms with E-state index in [1.165, 1.54) is 22.6 Å². The van der Waals surface area contributed by atoms with Crippen LogP contribution in [0.2, 0.25) is 0 Å². The Kier molecular flexibility index (Phi) is 6.50. The highest BCUT2D eigenvalue weighted by atomic mass is 19.1. The molecule has 0 atom stereocenters. The predicted octanol–water partition coefficient (Wildman–Crippen LogP) is 4.66. The summed E-state index contributed by atoms with van der Waals surface area (Å²) in [5.74, 6) is -0.255. The Balaban J connectivity index is 1.56. The third-order valence-corrected chi connectivity index (χ3v) is 6.31. The molecule has 2 aliphatic heterocycles. The minimum Gasteiger partial charge on any atom is -0.366 e. The van der Waals surface area contributed by atoms with E-state index in [4.69, 9.17) is 0 Å². The van der Waals surface area contributed by atoms with Gasteiger partial charge >= 0.3 is 0 Å². The number of unbranched alkanes of at least 4 members (excludes halogenated alkanes) is 1. The van der Waals surface area contributed by atoms with Crippen LogP contribution in [0.4, 0.5) is 4.39 Å². The SMILES string of the molecule is CCCCN1C(=O)C(c2ccc(F)cc2)=C(N2CCC(Cc3ccccc3)CC2)C1=O. The maximum atomic E-state index is 13.5. The quantitative estimate of drug-likeness (QED) is 0.612. The third-order valence-electron chi connectivity index (χ3n) is 6.31. The van der Waals surface area contributed by atoms with Crippen LogP contribution in [-0.4, -0.2) is 41.2 Å². The van der Waals surface area contributed by atoms with Crippen molar-refractivity contribution in [3.05, 3.63) is 77.2 Å². The number of rotatable bonds is 7. The van der Waals surface area contributed by atoms with E-state index in [1.54, 1.807) is 12.1 Å². The Morgan fingerprint density at radius 1 is 0.935 bits per heavy atom. The van der Waals surface area contributed by atoms with Crippen molar-refractivity contribution < 1.29 is 14.0 Å². The summed E-state index contributed by atoms with van der Waals surface area (Å²) in [5, 5.41) is 0. The highest BCUT2D eigenvalue weighted by Crippen LogP contribution is 2.34. The molecular weight excluding hydrogens is 391 g/mol. The highest BCUT2D eigenvalue weighted by Gasteiger charge is 2.41. The van der Waals surface area contributed by atoms with Crippen molar-refractivity contribution in [2.75, 3.05) is 19.6 Å². The van der Waals surface area contributed by atoms with Gasteiger partial charge in [0.05, 0.1) is 5.57 Å². The van der Waals surface area contributed by atoms with Crippen LogP contribution < -0.4 is 0 Å². The second-order valence-electron chi connectivity index (χ2n) is 8.47. The molecule has 1 fully saturated rings. The van der Waals surface area contributed by atoms with Crippen LogP contribution in [0.5, 0.6) is 0 Å². The fourth-order valence-corrected chi connectivity index (χ4v) is 4.56. The first-order chi connectivity index (χ1) is 15.1. The number of imide groups is 1. The van der Waals surface area contributed by atoms with Crippen molar-refractivity contribution >= 4 is 17.4 Å². The third kappa shape index (κ3) is 4.55. The largest absolute Gasteiger partial charge is 0.366 e. The molecule has 2 aromatic carbocycles. The van der Waals surface area contributed by atoms with E-state index >= 15 is 0 Å². The van der Waals surface area contributed by atoms with Crippen molar-refractivity contribution in [2.45, 2.75) is 39.0 Å². The Labute approximate surface area is 183 Å². The number of piperidine rings is 1. The molecule has 31 heavy (non-hydrogen) atoms. The molecule has 0 spiro atoms. The highest BCUT2D eigenvalue weighted by molar-refractivity contribution is 6.35. The van der Waals surface area contributed by atoms with E-state index in [9.17, 15) is 14.0 Å². The van der Waals surface area contributed by atoms with Crippen LogP contribution in [0.3, 0.4) is 0 Å². The molecule has 4 rings (SSSR count). The molecule has 0 radical (unpaired) electrons. The second kappa shape index (κ2) is 9.46. The molecule has 162 valence electrons. The van der Waals surface area contributed by atoms with Gasteiger partial charge < -0.3 is 4.90 Å².